The molecule has 2 aliphatic carbocycles. The molecule has 4 aliphatic rings. The molecule has 0 aromatic heterocycles. The first-order valence-electron chi connectivity index (χ1n) is 13.8. The van der Waals surface area contributed by atoms with Crippen molar-refractivity contribution in [3.05, 3.63) is 0 Å². The zero-order chi connectivity index (χ0) is 24.7. The van der Waals surface area contributed by atoms with E-state index in [4.69, 9.17) is 51.6 Å². The molecule has 0 radical (unpaired) electrons. The fourth-order valence-corrected chi connectivity index (χ4v) is 6.21. The maximum Gasteiger partial charge on any atom is 0.104 e. The van der Waals surface area contributed by atoms with Crippen LogP contribution in [-0.4, -0.2) is 88.0 Å². The van der Waals surface area contributed by atoms with Gasteiger partial charge in [-0.15, -0.1) is 23.2 Å². The van der Waals surface area contributed by atoms with Crippen molar-refractivity contribution in [1.82, 2.24) is 0 Å². The summed E-state index contributed by atoms with van der Waals surface area (Å²) < 4.78 is 34.5. The van der Waals surface area contributed by atoms with Gasteiger partial charge in [-0.2, -0.15) is 0 Å². The van der Waals surface area contributed by atoms with E-state index < -0.39 is 0 Å². The Morgan fingerprint density at radius 3 is 1.37 bits per heavy atom. The Labute approximate surface area is 221 Å². The molecule has 0 amide bonds. The van der Waals surface area contributed by atoms with Crippen LogP contribution in [0.25, 0.3) is 0 Å². The highest BCUT2D eigenvalue weighted by molar-refractivity contribution is 6.18. The van der Waals surface area contributed by atoms with E-state index in [9.17, 15) is 0 Å². The van der Waals surface area contributed by atoms with Gasteiger partial charge in [-0.25, -0.2) is 0 Å². The summed E-state index contributed by atoms with van der Waals surface area (Å²) in [6, 6.07) is 0. The third-order valence-corrected chi connectivity index (χ3v) is 9.36. The van der Waals surface area contributed by atoms with Crippen LogP contribution >= 0.6 is 23.2 Å². The van der Waals surface area contributed by atoms with E-state index in [1.807, 2.05) is 0 Å². The Morgan fingerprint density at radius 1 is 0.686 bits per heavy atom. The van der Waals surface area contributed by atoms with E-state index >= 15 is 0 Å². The van der Waals surface area contributed by atoms with Gasteiger partial charge in [0.1, 0.15) is 12.2 Å². The van der Waals surface area contributed by atoms with Crippen LogP contribution in [0.1, 0.15) is 65.2 Å². The van der Waals surface area contributed by atoms with Crippen molar-refractivity contribution in [2.75, 3.05) is 51.4 Å². The van der Waals surface area contributed by atoms with Gasteiger partial charge in [0.05, 0.1) is 75.8 Å². The van der Waals surface area contributed by atoms with Crippen LogP contribution < -0.4 is 0 Å². The predicted molar refractivity (Wildman–Crippen MR) is 138 cm³/mol. The fourth-order valence-electron chi connectivity index (χ4n) is 5.86. The van der Waals surface area contributed by atoms with E-state index in [1.165, 1.54) is 25.7 Å². The van der Waals surface area contributed by atoms with Crippen molar-refractivity contribution in [3.8, 4) is 0 Å². The molecule has 0 spiro atoms. The molecule has 204 valence electrons. The minimum absolute atomic E-state index is 0.0362. The van der Waals surface area contributed by atoms with E-state index in [1.54, 1.807) is 0 Å². The molecule has 4 fully saturated rings. The van der Waals surface area contributed by atoms with Gasteiger partial charge in [-0.3, -0.25) is 0 Å². The van der Waals surface area contributed by atoms with Crippen LogP contribution in [0.2, 0.25) is 0 Å². The highest BCUT2D eigenvalue weighted by Crippen LogP contribution is 2.48. The molecule has 8 heteroatoms. The summed E-state index contributed by atoms with van der Waals surface area (Å²) in [5, 5.41) is 0. The number of ether oxygens (including phenoxy) is 6. The second kappa shape index (κ2) is 13.9. The molecule has 6 nitrogen and oxygen atoms in total. The average Bonchev–Trinajstić information content (AvgIpc) is 3.80. The molecule has 2 heterocycles. The van der Waals surface area contributed by atoms with Crippen LogP contribution in [0.4, 0.5) is 0 Å². The molecule has 4 unspecified atom stereocenters. The van der Waals surface area contributed by atoms with Crippen molar-refractivity contribution in [3.63, 3.8) is 0 Å². The first-order valence-corrected chi connectivity index (χ1v) is 14.9. The number of rotatable bonds is 16. The van der Waals surface area contributed by atoms with Crippen molar-refractivity contribution in [2.24, 2.45) is 17.3 Å². The summed E-state index contributed by atoms with van der Waals surface area (Å²) >= 11 is 12.1. The van der Waals surface area contributed by atoms with Gasteiger partial charge in [0.2, 0.25) is 0 Å². The van der Waals surface area contributed by atoms with Crippen molar-refractivity contribution in [1.29, 1.82) is 0 Å². The summed E-state index contributed by atoms with van der Waals surface area (Å²) in [7, 11) is 0. The number of epoxide rings is 2. The third kappa shape index (κ3) is 9.24. The second-order valence-electron chi connectivity index (χ2n) is 11.6. The van der Waals surface area contributed by atoms with Gasteiger partial charge in [0.25, 0.3) is 0 Å². The number of alkyl halides is 2. The fraction of sp³-hybridized carbons (Fsp3) is 1.00. The SMILES string of the molecule is CC(C)(C1CCC(OCC(CCl)OCC2CO2)CC1)C1CCC(OCC(CCl)OCC2CO2)CC1. The van der Waals surface area contributed by atoms with Crippen LogP contribution in [-0.2, 0) is 28.4 Å². The first-order chi connectivity index (χ1) is 17.0. The molecule has 2 saturated carbocycles. The number of hydrogen-bond acceptors (Lipinski definition) is 6. The molecule has 0 bridgehead atoms. The third-order valence-electron chi connectivity index (χ3n) is 8.67. The number of halogens is 2. The highest BCUT2D eigenvalue weighted by atomic mass is 35.5. The van der Waals surface area contributed by atoms with Crippen molar-refractivity contribution in [2.45, 2.75) is 102 Å². The molecule has 0 aromatic rings. The minimum Gasteiger partial charge on any atom is -0.375 e. The summed E-state index contributed by atoms with van der Waals surface area (Å²) in [5.41, 5.74) is 0.355. The Bertz CT molecular complexity index is 548. The van der Waals surface area contributed by atoms with Gasteiger partial charge in [0, 0.05) is 0 Å². The predicted octanol–water partition coefficient (Wildman–Crippen LogP) is 5.21. The van der Waals surface area contributed by atoms with E-state index in [-0.39, 0.29) is 24.4 Å². The molecular weight excluding hydrogens is 491 g/mol. The maximum absolute atomic E-state index is 6.21. The van der Waals surface area contributed by atoms with Gasteiger partial charge in [-0.1, -0.05) is 13.8 Å². The quantitative estimate of drug-likeness (QED) is 0.199. The second-order valence-corrected chi connectivity index (χ2v) is 12.2. The summed E-state index contributed by atoms with van der Waals surface area (Å²) in [6.07, 6.45) is 10.7. The molecule has 0 N–H and O–H groups in total. The number of hydrogen-bond donors (Lipinski definition) is 0. The highest BCUT2D eigenvalue weighted by Gasteiger charge is 2.41. The lowest BCUT2D eigenvalue weighted by molar-refractivity contribution is -0.0722. The van der Waals surface area contributed by atoms with Gasteiger partial charge in [-0.05, 0) is 68.6 Å². The average molecular weight is 538 g/mol. The lowest BCUT2D eigenvalue weighted by atomic mass is 9.60. The molecular formula is C27H46Cl2O6. The normalized spacial score (nSPS) is 35.0. The monoisotopic (exact) mass is 536 g/mol. The van der Waals surface area contributed by atoms with E-state index in [0.29, 0.717) is 55.8 Å². The molecule has 2 saturated heterocycles. The zero-order valence-electron chi connectivity index (χ0n) is 21.6. The smallest absolute Gasteiger partial charge is 0.104 e. The molecule has 35 heavy (non-hydrogen) atoms. The zero-order valence-corrected chi connectivity index (χ0v) is 23.1. The topological polar surface area (TPSA) is 62.0 Å². The van der Waals surface area contributed by atoms with Crippen LogP contribution in [0, 0.1) is 17.3 Å². The van der Waals surface area contributed by atoms with Gasteiger partial charge in [0.15, 0.2) is 0 Å². The van der Waals surface area contributed by atoms with Crippen LogP contribution in [0.3, 0.4) is 0 Å². The lowest BCUT2D eigenvalue weighted by Crippen LogP contribution is -2.39. The standard InChI is InChI=1S/C27H46Cl2O6/c1-27(2,19-3-7-21(8-4-19)30-13-23(11-28)32-15-25-17-34-25)20-5-9-22(10-6-20)31-14-24(12-29)33-16-26-18-35-26/h19-26H,3-18H2,1-2H3. The lowest BCUT2D eigenvalue weighted by Gasteiger charge is -2.46. The van der Waals surface area contributed by atoms with E-state index in [0.717, 1.165) is 50.7 Å². The van der Waals surface area contributed by atoms with Crippen LogP contribution in [0.15, 0.2) is 0 Å². The largest absolute Gasteiger partial charge is 0.375 e. The van der Waals surface area contributed by atoms with Gasteiger partial charge < -0.3 is 28.4 Å². The Kier molecular flexibility index (Phi) is 11.3. The van der Waals surface area contributed by atoms with Crippen molar-refractivity contribution >= 4 is 23.2 Å². The summed E-state index contributed by atoms with van der Waals surface area (Å²) in [5.74, 6) is 2.46. The summed E-state index contributed by atoms with van der Waals surface area (Å²) in [4.78, 5) is 0. The molecule has 4 atom stereocenters. The summed E-state index contributed by atoms with van der Waals surface area (Å²) in [6.45, 7) is 9.05. The van der Waals surface area contributed by atoms with Gasteiger partial charge >= 0.3 is 0 Å². The first kappa shape index (κ1) is 28.4. The molecule has 2 aliphatic heterocycles. The van der Waals surface area contributed by atoms with E-state index in [2.05, 4.69) is 13.8 Å². The van der Waals surface area contributed by atoms with Crippen molar-refractivity contribution < 1.29 is 28.4 Å². The Hall–Kier alpha value is 0.340. The Morgan fingerprint density at radius 2 is 1.06 bits per heavy atom. The minimum atomic E-state index is -0.0362. The Balaban J connectivity index is 1.11. The molecule has 4 rings (SSSR count). The molecule has 0 aromatic carbocycles. The van der Waals surface area contributed by atoms with Crippen LogP contribution in [0.5, 0.6) is 0 Å². The maximum atomic E-state index is 6.21.